The number of halogens is 2. The highest BCUT2D eigenvalue weighted by molar-refractivity contribution is 7.14. The number of ketones is 1. The summed E-state index contributed by atoms with van der Waals surface area (Å²) in [6, 6.07) is 11.9. The number of nitrogens with zero attached hydrogens (tertiary/aromatic N) is 2. The summed E-state index contributed by atoms with van der Waals surface area (Å²) < 4.78 is 32.9. The lowest BCUT2D eigenvalue weighted by atomic mass is 10.2. The molecule has 0 spiro atoms. The summed E-state index contributed by atoms with van der Waals surface area (Å²) in [6.07, 6.45) is 2.79. The molecule has 0 atom stereocenters. The normalized spacial score (nSPS) is 11.3. The molecule has 2 aromatic heterocycles. The molecule has 0 N–H and O–H groups in total. The number of hydrogen-bond donors (Lipinski definition) is 0. The Kier molecular flexibility index (Phi) is 5.24. The Morgan fingerprint density at radius 1 is 1.13 bits per heavy atom. The minimum Gasteiger partial charge on any atom is -0.453 e. The van der Waals surface area contributed by atoms with Gasteiger partial charge < -0.3 is 4.42 Å². The number of carbonyl (C=O) groups is 2. The van der Waals surface area contributed by atoms with Crippen LogP contribution in [0.3, 0.4) is 0 Å². The van der Waals surface area contributed by atoms with Crippen LogP contribution in [0, 0.1) is 11.6 Å². The van der Waals surface area contributed by atoms with Gasteiger partial charge in [-0.3, -0.25) is 14.5 Å². The molecule has 4 rings (SSSR count). The second-order valence-electron chi connectivity index (χ2n) is 6.35. The van der Waals surface area contributed by atoms with E-state index >= 15 is 0 Å². The van der Waals surface area contributed by atoms with E-state index < -0.39 is 17.5 Å². The van der Waals surface area contributed by atoms with E-state index in [9.17, 15) is 18.4 Å². The Labute approximate surface area is 173 Å². The summed E-state index contributed by atoms with van der Waals surface area (Å²) >= 11 is 1.09. The number of allylic oxidation sites excluding steroid dienone is 1. The predicted molar refractivity (Wildman–Crippen MR) is 111 cm³/mol. The average Bonchev–Trinajstić information content (AvgIpc) is 3.35. The van der Waals surface area contributed by atoms with Crippen molar-refractivity contribution in [3.63, 3.8) is 0 Å². The van der Waals surface area contributed by atoms with Crippen molar-refractivity contribution < 1.29 is 22.8 Å². The fourth-order valence-electron chi connectivity index (χ4n) is 2.87. The van der Waals surface area contributed by atoms with Gasteiger partial charge in [0.1, 0.15) is 17.2 Å². The van der Waals surface area contributed by atoms with Crippen LogP contribution in [0.5, 0.6) is 0 Å². The number of carbonyl (C=O) groups excluding carboxylic acids is 2. The van der Waals surface area contributed by atoms with E-state index in [0.29, 0.717) is 17.3 Å². The third-order valence-corrected chi connectivity index (χ3v) is 5.08. The molecule has 0 aliphatic rings. The maximum Gasteiger partial charge on any atom is 0.230 e. The highest BCUT2D eigenvalue weighted by Gasteiger charge is 2.21. The number of furan rings is 1. The van der Waals surface area contributed by atoms with Crippen LogP contribution >= 0.6 is 11.3 Å². The van der Waals surface area contributed by atoms with Crippen LogP contribution in [0.1, 0.15) is 23.2 Å². The number of amides is 1. The molecule has 8 heteroatoms. The second kappa shape index (κ2) is 8.00. The van der Waals surface area contributed by atoms with Crippen molar-refractivity contribution in [2.45, 2.75) is 6.92 Å². The first-order chi connectivity index (χ1) is 14.4. The van der Waals surface area contributed by atoms with Gasteiger partial charge >= 0.3 is 0 Å². The largest absolute Gasteiger partial charge is 0.453 e. The molecule has 0 radical (unpaired) electrons. The first kappa shape index (κ1) is 19.7. The second-order valence-corrected chi connectivity index (χ2v) is 7.19. The van der Waals surface area contributed by atoms with Gasteiger partial charge in [0.15, 0.2) is 10.9 Å². The summed E-state index contributed by atoms with van der Waals surface area (Å²) in [7, 11) is 0. The fourth-order valence-corrected chi connectivity index (χ4v) is 3.72. The zero-order valence-corrected chi connectivity index (χ0v) is 16.5. The molecule has 5 nitrogen and oxygen atoms in total. The molecule has 0 fully saturated rings. The molecule has 0 bridgehead atoms. The molecule has 1 amide bonds. The highest BCUT2D eigenvalue weighted by Crippen LogP contribution is 2.31. The molecule has 150 valence electrons. The smallest absolute Gasteiger partial charge is 0.230 e. The third-order valence-electron chi connectivity index (χ3n) is 4.24. The van der Waals surface area contributed by atoms with Gasteiger partial charge in [-0.25, -0.2) is 13.8 Å². The molecule has 4 aromatic rings. The van der Waals surface area contributed by atoms with Crippen molar-refractivity contribution in [2.75, 3.05) is 4.90 Å². The molecular weight excluding hydrogens is 410 g/mol. The molecule has 2 heterocycles. The van der Waals surface area contributed by atoms with E-state index in [1.54, 1.807) is 17.5 Å². The summed E-state index contributed by atoms with van der Waals surface area (Å²) in [5.74, 6) is -2.25. The van der Waals surface area contributed by atoms with Gasteiger partial charge in [0.25, 0.3) is 0 Å². The molecule has 30 heavy (non-hydrogen) atoms. The Morgan fingerprint density at radius 3 is 2.67 bits per heavy atom. The molecule has 2 aromatic carbocycles. The number of thiazole rings is 1. The maximum absolute atomic E-state index is 14.2. The predicted octanol–water partition coefficient (Wildman–Crippen LogP) is 5.75. The van der Waals surface area contributed by atoms with Crippen LogP contribution in [0.25, 0.3) is 17.0 Å². The zero-order chi connectivity index (χ0) is 21.3. The van der Waals surface area contributed by atoms with Crippen LogP contribution in [-0.2, 0) is 4.79 Å². The Bertz CT molecular complexity index is 1260. The van der Waals surface area contributed by atoms with Crippen molar-refractivity contribution in [1.82, 2.24) is 4.98 Å². The molecule has 0 unspecified atom stereocenters. The van der Waals surface area contributed by atoms with Gasteiger partial charge in [0.2, 0.25) is 11.7 Å². The number of anilines is 2. The SMILES string of the molecule is CC(=O)N(c1nc(/C=C/C(=O)c2cc3ccccc3o2)cs1)c1ccc(F)cc1F. The van der Waals surface area contributed by atoms with E-state index in [4.69, 9.17) is 4.42 Å². The quantitative estimate of drug-likeness (QED) is 0.302. The minimum absolute atomic E-state index is 0.105. The summed E-state index contributed by atoms with van der Waals surface area (Å²) in [4.78, 5) is 29.8. The van der Waals surface area contributed by atoms with Crippen molar-refractivity contribution in [3.8, 4) is 0 Å². The van der Waals surface area contributed by atoms with Gasteiger partial charge in [0, 0.05) is 23.8 Å². The van der Waals surface area contributed by atoms with Gasteiger partial charge in [0.05, 0.1) is 11.4 Å². The van der Waals surface area contributed by atoms with Crippen molar-refractivity contribution in [3.05, 3.63) is 83.1 Å². The lowest BCUT2D eigenvalue weighted by molar-refractivity contribution is -0.115. The molecule has 0 saturated carbocycles. The van der Waals surface area contributed by atoms with E-state index in [0.717, 1.165) is 27.7 Å². The number of benzene rings is 2. The number of fused-ring (bicyclic) bond motifs is 1. The maximum atomic E-state index is 14.2. The number of hydrogen-bond acceptors (Lipinski definition) is 5. The molecule has 0 saturated heterocycles. The highest BCUT2D eigenvalue weighted by atomic mass is 32.1. The zero-order valence-electron chi connectivity index (χ0n) is 15.6. The fraction of sp³-hybridized carbons (Fsp3) is 0.0455. The first-order valence-electron chi connectivity index (χ1n) is 8.84. The van der Waals surface area contributed by atoms with E-state index in [2.05, 4.69) is 4.98 Å². The van der Waals surface area contributed by atoms with Crippen LogP contribution in [0.15, 0.2) is 64.4 Å². The monoisotopic (exact) mass is 424 g/mol. The number of aromatic nitrogens is 1. The van der Waals surface area contributed by atoms with Crippen LogP contribution < -0.4 is 4.90 Å². The van der Waals surface area contributed by atoms with Crippen molar-refractivity contribution >= 4 is 50.9 Å². The van der Waals surface area contributed by atoms with Crippen molar-refractivity contribution in [1.29, 1.82) is 0 Å². The van der Waals surface area contributed by atoms with Gasteiger partial charge in [-0.2, -0.15) is 0 Å². The first-order valence-corrected chi connectivity index (χ1v) is 9.72. The van der Waals surface area contributed by atoms with E-state index in [1.807, 2.05) is 18.2 Å². The average molecular weight is 424 g/mol. The van der Waals surface area contributed by atoms with Gasteiger partial charge in [-0.1, -0.05) is 18.2 Å². The lowest BCUT2D eigenvalue weighted by Crippen LogP contribution is -2.23. The number of para-hydroxylation sites is 1. The summed E-state index contributed by atoms with van der Waals surface area (Å²) in [5.41, 5.74) is 0.920. The van der Waals surface area contributed by atoms with Gasteiger partial charge in [-0.15, -0.1) is 11.3 Å². The van der Waals surface area contributed by atoms with E-state index in [-0.39, 0.29) is 22.4 Å². The van der Waals surface area contributed by atoms with Crippen LogP contribution in [0.2, 0.25) is 0 Å². The molecule has 0 aliphatic heterocycles. The van der Waals surface area contributed by atoms with Gasteiger partial charge in [-0.05, 0) is 36.4 Å². The third kappa shape index (κ3) is 3.90. The van der Waals surface area contributed by atoms with Crippen molar-refractivity contribution in [2.24, 2.45) is 0 Å². The van der Waals surface area contributed by atoms with Crippen LogP contribution in [0.4, 0.5) is 19.6 Å². The Hall–Kier alpha value is -3.65. The molecule has 0 aliphatic carbocycles. The number of rotatable bonds is 5. The molecular formula is C22H14F2N2O3S. The summed E-state index contributed by atoms with van der Waals surface area (Å²) in [5, 5.41) is 2.64. The van der Waals surface area contributed by atoms with E-state index in [1.165, 1.54) is 25.1 Å². The van der Waals surface area contributed by atoms with Crippen LogP contribution in [-0.4, -0.2) is 16.7 Å². The lowest BCUT2D eigenvalue weighted by Gasteiger charge is -2.18. The Morgan fingerprint density at radius 2 is 1.93 bits per heavy atom. The topological polar surface area (TPSA) is 63.4 Å². The Balaban J connectivity index is 1.57. The minimum atomic E-state index is -0.877. The summed E-state index contributed by atoms with van der Waals surface area (Å²) in [6.45, 7) is 1.25. The standard InChI is InChI=1S/C22H14F2N2O3S/c1-13(27)26(18-8-6-15(23)11-17(18)24)22-25-16(12-30-22)7-9-19(28)21-10-14-4-2-3-5-20(14)29-21/h2-12H,1H3/b9-7+.